The lowest BCUT2D eigenvalue weighted by atomic mass is 9.72. The summed E-state index contributed by atoms with van der Waals surface area (Å²) in [5.41, 5.74) is 3.29. The molecule has 0 spiro atoms. The van der Waals surface area contributed by atoms with Crippen LogP contribution in [-0.2, 0) is 14.3 Å². The molecule has 2 aliphatic rings. The molecular formula is C20H23NO3S. The van der Waals surface area contributed by atoms with Gasteiger partial charge in [-0.05, 0) is 50.6 Å². The smallest absolute Gasteiger partial charge is 0.315 e. The van der Waals surface area contributed by atoms with Crippen molar-refractivity contribution in [2.45, 2.75) is 43.9 Å². The number of benzene rings is 1. The van der Waals surface area contributed by atoms with Crippen LogP contribution in [0.4, 0.5) is 0 Å². The maximum atomic E-state index is 12.7. The highest BCUT2D eigenvalue weighted by Gasteiger charge is 2.42. The Morgan fingerprint density at radius 3 is 2.64 bits per heavy atom. The van der Waals surface area contributed by atoms with Crippen molar-refractivity contribution in [1.82, 2.24) is 0 Å². The summed E-state index contributed by atoms with van der Waals surface area (Å²) < 4.78 is 5.31. The van der Waals surface area contributed by atoms with Crippen molar-refractivity contribution in [3.8, 4) is 0 Å². The van der Waals surface area contributed by atoms with Crippen LogP contribution >= 0.6 is 11.8 Å². The minimum atomic E-state index is -0.527. The van der Waals surface area contributed by atoms with Gasteiger partial charge < -0.3 is 4.74 Å². The van der Waals surface area contributed by atoms with Crippen LogP contribution in [0.15, 0.2) is 45.4 Å². The maximum Gasteiger partial charge on any atom is 0.315 e. The number of esters is 1. The van der Waals surface area contributed by atoms with E-state index in [1.165, 1.54) is 0 Å². The van der Waals surface area contributed by atoms with Crippen molar-refractivity contribution in [3.63, 3.8) is 0 Å². The summed E-state index contributed by atoms with van der Waals surface area (Å²) in [4.78, 5) is 31.1. The third-order valence-electron chi connectivity index (χ3n) is 4.85. The van der Waals surface area contributed by atoms with E-state index in [4.69, 9.17) is 4.74 Å². The number of Topliss-reactive ketones (excluding diaryl/α,β-unsaturated/α-hetero) is 1. The van der Waals surface area contributed by atoms with Crippen molar-refractivity contribution in [2.24, 2.45) is 10.9 Å². The fourth-order valence-electron chi connectivity index (χ4n) is 3.72. The Balaban J connectivity index is 2.11. The van der Waals surface area contributed by atoms with Crippen LogP contribution in [0.1, 0.15) is 44.6 Å². The summed E-state index contributed by atoms with van der Waals surface area (Å²) in [6.07, 6.45) is 4.19. The van der Waals surface area contributed by atoms with E-state index in [1.54, 1.807) is 18.7 Å². The first-order valence-corrected chi connectivity index (χ1v) is 9.91. The first-order valence-electron chi connectivity index (χ1n) is 8.68. The Bertz CT molecular complexity index is 749. The van der Waals surface area contributed by atoms with Gasteiger partial charge in [0.15, 0.2) is 5.78 Å². The average Bonchev–Trinajstić information content (AvgIpc) is 2.61. The number of nitrogens with zero attached hydrogens (tertiary/aromatic N) is 1. The highest BCUT2D eigenvalue weighted by molar-refractivity contribution is 7.98. The fourth-order valence-corrected chi connectivity index (χ4v) is 4.12. The number of carbonyl (C=O) groups is 2. The molecule has 25 heavy (non-hydrogen) atoms. The van der Waals surface area contributed by atoms with Gasteiger partial charge in [-0.15, -0.1) is 11.8 Å². The largest absolute Gasteiger partial charge is 0.465 e. The second-order valence-corrected chi connectivity index (χ2v) is 7.25. The minimum Gasteiger partial charge on any atom is -0.465 e. The topological polar surface area (TPSA) is 55.7 Å². The molecule has 5 heteroatoms. The molecule has 1 heterocycles. The van der Waals surface area contributed by atoms with Gasteiger partial charge in [0.25, 0.3) is 0 Å². The summed E-state index contributed by atoms with van der Waals surface area (Å²) in [5, 5.41) is 0. The van der Waals surface area contributed by atoms with Crippen LogP contribution in [0.25, 0.3) is 0 Å². The van der Waals surface area contributed by atoms with Crippen molar-refractivity contribution in [3.05, 3.63) is 41.1 Å². The van der Waals surface area contributed by atoms with E-state index in [0.29, 0.717) is 18.6 Å². The number of rotatable bonds is 4. The molecule has 0 fully saturated rings. The number of hydrogen-bond acceptors (Lipinski definition) is 5. The predicted molar refractivity (Wildman–Crippen MR) is 100 cm³/mol. The summed E-state index contributed by atoms with van der Waals surface area (Å²) in [5.74, 6) is -1.01. The monoisotopic (exact) mass is 357 g/mol. The van der Waals surface area contributed by atoms with Crippen LogP contribution in [0.2, 0.25) is 0 Å². The lowest BCUT2D eigenvalue weighted by molar-refractivity contribution is -0.146. The number of thioether (sulfide) groups is 1. The van der Waals surface area contributed by atoms with Crippen molar-refractivity contribution in [2.75, 3.05) is 12.9 Å². The number of ketones is 1. The first kappa shape index (κ1) is 17.9. The summed E-state index contributed by atoms with van der Waals surface area (Å²) in [6.45, 7) is 3.99. The first-order chi connectivity index (χ1) is 12.1. The van der Waals surface area contributed by atoms with Gasteiger partial charge in [-0.3, -0.25) is 14.6 Å². The Morgan fingerprint density at radius 1 is 1.28 bits per heavy atom. The van der Waals surface area contributed by atoms with E-state index < -0.39 is 5.92 Å². The Kier molecular flexibility index (Phi) is 5.42. The molecule has 3 rings (SSSR count). The minimum absolute atomic E-state index is 0.116. The Hall–Kier alpha value is -1.88. The van der Waals surface area contributed by atoms with Gasteiger partial charge in [0.05, 0.1) is 6.61 Å². The molecule has 2 atom stereocenters. The Labute approximate surface area is 152 Å². The zero-order chi connectivity index (χ0) is 18.0. The molecule has 1 aliphatic heterocycles. The van der Waals surface area contributed by atoms with E-state index in [2.05, 4.69) is 4.99 Å². The van der Waals surface area contributed by atoms with Gasteiger partial charge in [-0.25, -0.2) is 0 Å². The molecule has 1 aliphatic carbocycles. The van der Waals surface area contributed by atoms with E-state index in [-0.39, 0.29) is 17.7 Å². The van der Waals surface area contributed by atoms with Crippen LogP contribution in [0.5, 0.6) is 0 Å². The number of ether oxygens (including phenoxy) is 1. The molecule has 4 nitrogen and oxygen atoms in total. The van der Waals surface area contributed by atoms with Crippen LogP contribution < -0.4 is 0 Å². The normalized spacial score (nSPS) is 23.2. The van der Waals surface area contributed by atoms with Crippen LogP contribution in [0.3, 0.4) is 0 Å². The zero-order valence-corrected chi connectivity index (χ0v) is 15.7. The van der Waals surface area contributed by atoms with Crippen molar-refractivity contribution in [1.29, 1.82) is 0 Å². The van der Waals surface area contributed by atoms with E-state index in [1.807, 2.05) is 37.4 Å². The SMILES string of the molecule is CCOC(=O)C1C(C)=NC2=C(C(=O)CCC2)[C@@H]1c1ccc(SC)cc1. The molecule has 1 unspecified atom stereocenters. The predicted octanol–water partition coefficient (Wildman–Crippen LogP) is 4.15. The van der Waals surface area contributed by atoms with Gasteiger partial charge >= 0.3 is 5.97 Å². The number of hydrogen-bond donors (Lipinski definition) is 0. The molecule has 132 valence electrons. The summed E-state index contributed by atoms with van der Waals surface area (Å²) in [6, 6.07) is 8.12. The average molecular weight is 357 g/mol. The Morgan fingerprint density at radius 2 is 2.00 bits per heavy atom. The van der Waals surface area contributed by atoms with Crippen molar-refractivity contribution < 1.29 is 14.3 Å². The molecule has 0 aromatic heterocycles. The zero-order valence-electron chi connectivity index (χ0n) is 14.9. The van der Waals surface area contributed by atoms with Gasteiger partial charge in [0, 0.05) is 34.2 Å². The number of allylic oxidation sites excluding steroid dienone is 2. The maximum absolute atomic E-state index is 12.7. The molecule has 0 saturated carbocycles. The fraction of sp³-hybridized carbons (Fsp3) is 0.450. The lowest BCUT2D eigenvalue weighted by Crippen LogP contribution is -2.37. The summed E-state index contributed by atoms with van der Waals surface area (Å²) in [7, 11) is 0. The molecule has 0 radical (unpaired) electrons. The second kappa shape index (κ2) is 7.56. The van der Waals surface area contributed by atoms with E-state index >= 15 is 0 Å². The summed E-state index contributed by atoms with van der Waals surface area (Å²) >= 11 is 1.67. The second-order valence-electron chi connectivity index (χ2n) is 6.37. The quantitative estimate of drug-likeness (QED) is 0.600. The van der Waals surface area contributed by atoms with Crippen molar-refractivity contribution >= 4 is 29.2 Å². The third-order valence-corrected chi connectivity index (χ3v) is 5.59. The van der Waals surface area contributed by atoms with Gasteiger partial charge in [-0.2, -0.15) is 0 Å². The number of carbonyl (C=O) groups excluding carboxylic acids is 2. The molecule has 0 saturated heterocycles. The molecular weight excluding hydrogens is 334 g/mol. The van der Waals surface area contributed by atoms with Gasteiger partial charge in [0.2, 0.25) is 0 Å². The molecule has 1 aromatic carbocycles. The number of aliphatic imine (C=N–C) groups is 1. The van der Waals surface area contributed by atoms with Gasteiger partial charge in [-0.1, -0.05) is 12.1 Å². The lowest BCUT2D eigenvalue weighted by Gasteiger charge is -2.34. The van der Waals surface area contributed by atoms with E-state index in [9.17, 15) is 9.59 Å². The van der Waals surface area contributed by atoms with E-state index in [0.717, 1.165) is 34.7 Å². The molecule has 0 amide bonds. The van der Waals surface area contributed by atoms with Crippen LogP contribution in [-0.4, -0.2) is 30.3 Å². The molecule has 1 aromatic rings. The van der Waals surface area contributed by atoms with Gasteiger partial charge in [0.1, 0.15) is 5.92 Å². The third kappa shape index (κ3) is 3.43. The standard InChI is InChI=1S/C20H23NO3S/c1-4-24-20(23)17-12(2)21-15-6-5-7-16(22)19(15)18(17)13-8-10-14(25-3)11-9-13/h8-11,17-18H,4-7H2,1-3H3/t17?,18-/m1/s1. The highest BCUT2D eigenvalue weighted by Crippen LogP contribution is 2.43. The van der Waals surface area contributed by atoms with Crippen LogP contribution in [0, 0.1) is 5.92 Å². The highest BCUT2D eigenvalue weighted by atomic mass is 32.2. The molecule has 0 N–H and O–H groups in total. The molecule has 0 bridgehead atoms.